The van der Waals surface area contributed by atoms with Gasteiger partial charge in [-0.2, -0.15) is 0 Å². The molecule has 21 heavy (non-hydrogen) atoms. The second-order valence-corrected chi connectivity index (χ2v) is 5.71. The normalized spacial score (nSPS) is 14.3. The quantitative estimate of drug-likeness (QED) is 0.825. The predicted octanol–water partition coefficient (Wildman–Crippen LogP) is 3.10. The Balaban J connectivity index is 1.60. The zero-order valence-corrected chi connectivity index (χ0v) is 12.7. The van der Waals surface area contributed by atoms with Crippen LogP contribution in [0.25, 0.3) is 0 Å². The van der Waals surface area contributed by atoms with E-state index >= 15 is 0 Å². The van der Waals surface area contributed by atoms with E-state index in [4.69, 9.17) is 4.98 Å². The van der Waals surface area contributed by atoms with E-state index in [9.17, 15) is 0 Å². The minimum Gasteiger partial charge on any atom is -0.311 e. The molecule has 1 aliphatic rings. The summed E-state index contributed by atoms with van der Waals surface area (Å²) in [6.45, 7) is 7.10. The maximum absolute atomic E-state index is 4.77. The summed E-state index contributed by atoms with van der Waals surface area (Å²) in [6.07, 6.45) is 1.16. The summed E-state index contributed by atoms with van der Waals surface area (Å²) >= 11 is 0. The van der Waals surface area contributed by atoms with Gasteiger partial charge in [0.05, 0.1) is 11.4 Å². The summed E-state index contributed by atoms with van der Waals surface area (Å²) in [5.74, 6) is 0. The number of fused-ring (bicyclic) bond motifs is 1. The van der Waals surface area contributed by atoms with Crippen molar-refractivity contribution in [3.8, 4) is 0 Å². The smallest absolute Gasteiger partial charge is 0.0548 e. The second kappa shape index (κ2) is 6.83. The van der Waals surface area contributed by atoms with Crippen LogP contribution in [0, 0.1) is 0 Å². The van der Waals surface area contributed by atoms with Crippen LogP contribution in [0.3, 0.4) is 0 Å². The number of aromatic nitrogens is 1. The Morgan fingerprint density at radius 3 is 2.43 bits per heavy atom. The van der Waals surface area contributed by atoms with Crippen molar-refractivity contribution in [2.24, 2.45) is 0 Å². The van der Waals surface area contributed by atoms with Crippen LogP contribution < -0.4 is 5.32 Å². The molecule has 0 saturated heterocycles. The van der Waals surface area contributed by atoms with Gasteiger partial charge >= 0.3 is 0 Å². The van der Waals surface area contributed by atoms with Gasteiger partial charge < -0.3 is 5.32 Å². The molecule has 3 rings (SSSR count). The van der Waals surface area contributed by atoms with Gasteiger partial charge in [-0.15, -0.1) is 0 Å². The first-order valence-corrected chi connectivity index (χ1v) is 7.80. The zero-order valence-electron chi connectivity index (χ0n) is 12.7. The monoisotopic (exact) mass is 281 g/mol. The second-order valence-electron chi connectivity index (χ2n) is 5.71. The molecule has 1 aliphatic heterocycles. The molecular weight excluding hydrogens is 258 g/mol. The van der Waals surface area contributed by atoms with E-state index in [2.05, 4.69) is 59.6 Å². The topological polar surface area (TPSA) is 28.2 Å². The van der Waals surface area contributed by atoms with Gasteiger partial charge in [0.1, 0.15) is 0 Å². The Labute approximate surface area is 127 Å². The van der Waals surface area contributed by atoms with Crippen molar-refractivity contribution in [3.05, 3.63) is 65.0 Å². The molecule has 2 aromatic rings. The van der Waals surface area contributed by atoms with Gasteiger partial charge in [0.25, 0.3) is 0 Å². The Kier molecular flexibility index (Phi) is 4.63. The molecule has 0 atom stereocenters. The maximum atomic E-state index is 4.77. The molecule has 0 aliphatic carbocycles. The summed E-state index contributed by atoms with van der Waals surface area (Å²) < 4.78 is 0. The number of hydrogen-bond acceptors (Lipinski definition) is 3. The lowest BCUT2D eigenvalue weighted by Gasteiger charge is -2.14. The van der Waals surface area contributed by atoms with Gasteiger partial charge in [0.2, 0.25) is 0 Å². The largest absolute Gasteiger partial charge is 0.311 e. The molecule has 1 aromatic heterocycles. The molecule has 0 saturated carbocycles. The number of nitrogens with zero attached hydrogens (tertiary/aromatic N) is 2. The highest BCUT2D eigenvalue weighted by molar-refractivity contribution is 5.30. The lowest BCUT2D eigenvalue weighted by molar-refractivity contribution is 0.272. The molecule has 0 fully saturated rings. The van der Waals surface area contributed by atoms with Crippen molar-refractivity contribution in [2.75, 3.05) is 6.54 Å². The predicted molar refractivity (Wildman–Crippen MR) is 85.6 cm³/mol. The fourth-order valence-corrected chi connectivity index (χ4v) is 2.85. The van der Waals surface area contributed by atoms with Crippen LogP contribution in [0.2, 0.25) is 0 Å². The average Bonchev–Trinajstić information content (AvgIpc) is 2.90. The lowest BCUT2D eigenvalue weighted by Crippen LogP contribution is -2.18. The lowest BCUT2D eigenvalue weighted by atomic mass is 10.1. The average molecular weight is 281 g/mol. The third-order valence-corrected chi connectivity index (χ3v) is 3.89. The van der Waals surface area contributed by atoms with Crippen molar-refractivity contribution in [1.82, 2.24) is 15.2 Å². The third-order valence-electron chi connectivity index (χ3n) is 3.89. The minimum atomic E-state index is 0.863. The molecule has 3 nitrogen and oxygen atoms in total. The standard InChI is InChI=1S/C18H23N3/c1-2-10-19-11-17-8-5-9-18(20-17)14-21-12-15-6-3-4-7-16(15)13-21/h3-9,19H,2,10-14H2,1H3. The molecule has 0 bridgehead atoms. The van der Waals surface area contributed by atoms with Gasteiger partial charge in [-0.1, -0.05) is 37.3 Å². The zero-order chi connectivity index (χ0) is 14.5. The summed E-state index contributed by atoms with van der Waals surface area (Å²) in [7, 11) is 0. The molecule has 1 N–H and O–H groups in total. The molecule has 0 spiro atoms. The summed E-state index contributed by atoms with van der Waals surface area (Å²) in [5, 5.41) is 3.41. The molecular formula is C18H23N3. The van der Waals surface area contributed by atoms with Crippen LogP contribution >= 0.6 is 0 Å². The molecule has 2 heterocycles. The third kappa shape index (κ3) is 3.69. The number of hydrogen-bond donors (Lipinski definition) is 1. The van der Waals surface area contributed by atoms with Crippen molar-refractivity contribution in [1.29, 1.82) is 0 Å². The maximum Gasteiger partial charge on any atom is 0.0548 e. The van der Waals surface area contributed by atoms with Crippen molar-refractivity contribution < 1.29 is 0 Å². The van der Waals surface area contributed by atoms with Crippen LogP contribution in [-0.2, 0) is 26.2 Å². The Morgan fingerprint density at radius 1 is 1.00 bits per heavy atom. The van der Waals surface area contributed by atoms with Crippen LogP contribution in [0.15, 0.2) is 42.5 Å². The molecule has 0 unspecified atom stereocenters. The summed E-state index contributed by atoms with van der Waals surface area (Å²) in [4.78, 5) is 7.22. The van der Waals surface area contributed by atoms with E-state index in [0.717, 1.165) is 44.8 Å². The van der Waals surface area contributed by atoms with Crippen molar-refractivity contribution >= 4 is 0 Å². The van der Waals surface area contributed by atoms with Gasteiger partial charge in [0.15, 0.2) is 0 Å². The summed E-state index contributed by atoms with van der Waals surface area (Å²) in [5.41, 5.74) is 5.22. The van der Waals surface area contributed by atoms with Gasteiger partial charge in [0, 0.05) is 26.2 Å². The first-order valence-electron chi connectivity index (χ1n) is 7.80. The SMILES string of the molecule is CCCNCc1cccc(CN2Cc3ccccc3C2)n1. The van der Waals surface area contributed by atoms with Crippen LogP contribution in [-0.4, -0.2) is 16.4 Å². The number of benzene rings is 1. The van der Waals surface area contributed by atoms with Crippen LogP contribution in [0.1, 0.15) is 35.9 Å². The van der Waals surface area contributed by atoms with E-state index in [1.807, 2.05) is 0 Å². The molecule has 110 valence electrons. The van der Waals surface area contributed by atoms with E-state index < -0.39 is 0 Å². The van der Waals surface area contributed by atoms with Gasteiger partial charge in [-0.05, 0) is 36.2 Å². The molecule has 0 amide bonds. The highest BCUT2D eigenvalue weighted by Crippen LogP contribution is 2.23. The first-order chi connectivity index (χ1) is 10.3. The fourth-order valence-electron chi connectivity index (χ4n) is 2.85. The number of rotatable bonds is 6. The van der Waals surface area contributed by atoms with E-state index in [-0.39, 0.29) is 0 Å². The fraction of sp³-hybridized carbons (Fsp3) is 0.389. The van der Waals surface area contributed by atoms with E-state index in [1.54, 1.807) is 0 Å². The Bertz CT molecular complexity index is 570. The van der Waals surface area contributed by atoms with E-state index in [0.29, 0.717) is 0 Å². The van der Waals surface area contributed by atoms with Crippen molar-refractivity contribution in [2.45, 2.75) is 39.5 Å². The molecule has 3 heteroatoms. The minimum absolute atomic E-state index is 0.863. The van der Waals surface area contributed by atoms with Crippen molar-refractivity contribution in [3.63, 3.8) is 0 Å². The van der Waals surface area contributed by atoms with Crippen LogP contribution in [0.5, 0.6) is 0 Å². The highest BCUT2D eigenvalue weighted by Gasteiger charge is 2.18. The number of pyridine rings is 1. The Morgan fingerprint density at radius 2 is 1.71 bits per heavy atom. The molecule has 0 radical (unpaired) electrons. The summed E-state index contributed by atoms with van der Waals surface area (Å²) in [6, 6.07) is 15.1. The van der Waals surface area contributed by atoms with Gasteiger partial charge in [-0.25, -0.2) is 0 Å². The first kappa shape index (κ1) is 14.2. The highest BCUT2D eigenvalue weighted by atomic mass is 15.1. The van der Waals surface area contributed by atoms with E-state index in [1.165, 1.54) is 16.8 Å². The van der Waals surface area contributed by atoms with Gasteiger partial charge in [-0.3, -0.25) is 9.88 Å². The van der Waals surface area contributed by atoms with Crippen LogP contribution in [0.4, 0.5) is 0 Å². The molecule has 1 aromatic carbocycles. The number of nitrogens with one attached hydrogen (secondary N) is 1. The Hall–Kier alpha value is -1.71.